The van der Waals surface area contributed by atoms with Crippen LogP contribution >= 0.6 is 11.6 Å². The number of ether oxygens (including phenoxy) is 2. The predicted molar refractivity (Wildman–Crippen MR) is 155 cm³/mol. The number of nitrogens with zero attached hydrogens (tertiary/aromatic N) is 3. The van der Waals surface area contributed by atoms with E-state index in [0.717, 1.165) is 29.6 Å². The number of benzene rings is 3. The first kappa shape index (κ1) is 26.3. The molecule has 4 aromatic rings. The Hall–Kier alpha value is -4.27. The van der Waals surface area contributed by atoms with Crippen LogP contribution < -0.4 is 14.4 Å². The fourth-order valence-electron chi connectivity index (χ4n) is 4.56. The van der Waals surface area contributed by atoms with Gasteiger partial charge in [-0.1, -0.05) is 17.7 Å². The number of aromatic hydroxyl groups is 1. The Bertz CT molecular complexity index is 1570. The molecule has 0 radical (unpaired) electrons. The van der Waals surface area contributed by atoms with E-state index in [4.69, 9.17) is 26.1 Å². The minimum atomic E-state index is -0.0268. The molecule has 0 atom stereocenters. The Morgan fingerprint density at radius 1 is 0.974 bits per heavy atom. The van der Waals surface area contributed by atoms with E-state index >= 15 is 0 Å². The van der Waals surface area contributed by atoms with Crippen molar-refractivity contribution in [3.8, 4) is 17.4 Å². The van der Waals surface area contributed by atoms with Crippen LogP contribution in [0.2, 0.25) is 5.02 Å². The Labute approximate surface area is 231 Å². The highest BCUT2D eigenvalue weighted by Gasteiger charge is 2.21. The molecule has 0 bridgehead atoms. The number of nitrogens with one attached hydrogen (secondary N) is 1. The van der Waals surface area contributed by atoms with Crippen molar-refractivity contribution in [1.82, 2.24) is 9.88 Å². The Morgan fingerprint density at radius 2 is 1.72 bits per heavy atom. The van der Waals surface area contributed by atoms with E-state index in [-0.39, 0.29) is 11.8 Å². The lowest BCUT2D eigenvalue weighted by atomic mass is 10.00. The van der Waals surface area contributed by atoms with Gasteiger partial charge in [0, 0.05) is 35.1 Å². The molecule has 5 rings (SSSR count). The summed E-state index contributed by atoms with van der Waals surface area (Å²) in [5, 5.41) is 12.3. The first-order valence-electron chi connectivity index (χ1n) is 12.5. The summed E-state index contributed by atoms with van der Waals surface area (Å²) >= 11 is 6.20. The largest absolute Gasteiger partial charge is 0.494 e. The van der Waals surface area contributed by atoms with Crippen molar-refractivity contribution >= 4 is 45.5 Å². The summed E-state index contributed by atoms with van der Waals surface area (Å²) in [7, 11) is 4.03. The molecule has 9 heteroatoms. The molecular formula is C30H29ClN4O4. The molecule has 8 nitrogen and oxygen atoms in total. The second kappa shape index (κ2) is 11.2. The summed E-state index contributed by atoms with van der Waals surface area (Å²) in [5.74, 6) is 1.08. The minimum Gasteiger partial charge on any atom is -0.494 e. The van der Waals surface area contributed by atoms with E-state index in [1.54, 1.807) is 30.0 Å². The lowest BCUT2D eigenvalue weighted by Gasteiger charge is -2.22. The summed E-state index contributed by atoms with van der Waals surface area (Å²) in [5.41, 5.74) is 3.93. The first-order chi connectivity index (χ1) is 18.8. The quantitative estimate of drug-likeness (QED) is 0.256. The van der Waals surface area contributed by atoms with Crippen LogP contribution in [0.3, 0.4) is 0 Å². The van der Waals surface area contributed by atoms with Crippen LogP contribution in [0.15, 0.2) is 78.2 Å². The lowest BCUT2D eigenvalue weighted by Crippen LogP contribution is -2.31. The third kappa shape index (κ3) is 5.77. The van der Waals surface area contributed by atoms with Gasteiger partial charge in [0.05, 0.1) is 22.5 Å². The van der Waals surface area contributed by atoms with Gasteiger partial charge in [-0.15, -0.1) is 0 Å². The van der Waals surface area contributed by atoms with Crippen LogP contribution in [-0.2, 0) is 4.79 Å². The fourth-order valence-corrected chi connectivity index (χ4v) is 4.73. The minimum absolute atomic E-state index is 0.0154. The molecule has 39 heavy (non-hydrogen) atoms. The van der Waals surface area contributed by atoms with Crippen molar-refractivity contribution in [3.05, 3.63) is 89.3 Å². The summed E-state index contributed by atoms with van der Waals surface area (Å²) < 4.78 is 11.2. The number of aliphatic imine (C=N–C) groups is 1. The normalized spacial score (nSPS) is 12.8. The number of aromatic amines is 1. The molecule has 200 valence electrons. The third-order valence-corrected chi connectivity index (χ3v) is 6.64. The van der Waals surface area contributed by atoms with E-state index in [9.17, 15) is 9.90 Å². The van der Waals surface area contributed by atoms with Gasteiger partial charge in [0.25, 0.3) is 0 Å². The van der Waals surface area contributed by atoms with Crippen LogP contribution in [0.1, 0.15) is 24.5 Å². The summed E-state index contributed by atoms with van der Waals surface area (Å²) in [6, 6.07) is 18.4. The zero-order valence-corrected chi connectivity index (χ0v) is 22.7. The maximum Gasteiger partial charge on any atom is 0.223 e. The van der Waals surface area contributed by atoms with Crippen LogP contribution in [0.25, 0.3) is 10.9 Å². The highest BCUT2D eigenvalue weighted by Crippen LogP contribution is 2.36. The van der Waals surface area contributed by atoms with E-state index < -0.39 is 0 Å². The van der Waals surface area contributed by atoms with Gasteiger partial charge in [-0.3, -0.25) is 4.79 Å². The molecule has 1 aromatic heterocycles. The molecule has 0 saturated heterocycles. The number of carbonyl (C=O) groups excluding carboxylic acids is 1. The number of carbonyl (C=O) groups is 1. The molecular weight excluding hydrogens is 516 g/mol. The van der Waals surface area contributed by atoms with E-state index in [0.29, 0.717) is 45.5 Å². The van der Waals surface area contributed by atoms with Gasteiger partial charge >= 0.3 is 0 Å². The summed E-state index contributed by atoms with van der Waals surface area (Å²) in [6.45, 7) is 3.09. The van der Waals surface area contributed by atoms with Gasteiger partial charge in [0.2, 0.25) is 5.91 Å². The first-order valence-corrected chi connectivity index (χ1v) is 12.9. The SMILES string of the molecule is CC(=O)N(CCCN(C)C)c1ccc(N=C(c2ccc3c(c2)OC=CO3)c2c(O)[nH]c3cc(Cl)ccc23)cc1. The summed E-state index contributed by atoms with van der Waals surface area (Å²) in [4.78, 5) is 24.2. The molecule has 0 spiro atoms. The number of anilines is 1. The van der Waals surface area contributed by atoms with Crippen molar-refractivity contribution in [2.75, 3.05) is 32.1 Å². The molecule has 0 saturated carbocycles. The van der Waals surface area contributed by atoms with Crippen molar-refractivity contribution in [2.24, 2.45) is 4.99 Å². The summed E-state index contributed by atoms with van der Waals surface area (Å²) in [6.07, 6.45) is 3.80. The fraction of sp³-hybridized carbons (Fsp3) is 0.200. The van der Waals surface area contributed by atoms with Gasteiger partial charge in [-0.25, -0.2) is 4.99 Å². The van der Waals surface area contributed by atoms with Crippen molar-refractivity contribution < 1.29 is 19.4 Å². The topological polar surface area (TPSA) is 90.4 Å². The number of rotatable bonds is 8. The van der Waals surface area contributed by atoms with Gasteiger partial charge in [-0.2, -0.15) is 0 Å². The van der Waals surface area contributed by atoms with Gasteiger partial charge in [-0.05, 0) is 81.7 Å². The second-order valence-electron chi connectivity index (χ2n) is 9.51. The molecule has 0 unspecified atom stereocenters. The molecule has 2 heterocycles. The van der Waals surface area contributed by atoms with Crippen molar-refractivity contribution in [1.29, 1.82) is 0 Å². The van der Waals surface area contributed by atoms with Crippen LogP contribution in [0.4, 0.5) is 11.4 Å². The maximum atomic E-state index is 12.3. The Morgan fingerprint density at radius 3 is 2.44 bits per heavy atom. The molecule has 0 aliphatic carbocycles. The molecule has 1 aliphatic rings. The average molecular weight is 545 g/mol. The van der Waals surface area contributed by atoms with Crippen LogP contribution in [-0.4, -0.2) is 53.8 Å². The molecule has 2 N–H and O–H groups in total. The highest BCUT2D eigenvalue weighted by molar-refractivity contribution is 6.31. The van der Waals surface area contributed by atoms with E-state index in [1.165, 1.54) is 12.5 Å². The number of halogens is 1. The highest BCUT2D eigenvalue weighted by atomic mass is 35.5. The number of fused-ring (bicyclic) bond motifs is 2. The number of aromatic nitrogens is 1. The number of hydrogen-bond acceptors (Lipinski definition) is 6. The Balaban J connectivity index is 1.56. The zero-order chi connectivity index (χ0) is 27.5. The van der Waals surface area contributed by atoms with Gasteiger partial charge in [0.1, 0.15) is 12.5 Å². The molecule has 1 aliphatic heterocycles. The number of hydrogen-bond donors (Lipinski definition) is 2. The monoisotopic (exact) mass is 544 g/mol. The predicted octanol–water partition coefficient (Wildman–Crippen LogP) is 6.24. The molecule has 1 amide bonds. The van der Waals surface area contributed by atoms with Crippen LogP contribution in [0.5, 0.6) is 17.4 Å². The lowest BCUT2D eigenvalue weighted by molar-refractivity contribution is -0.116. The maximum absolute atomic E-state index is 12.3. The second-order valence-corrected chi connectivity index (χ2v) is 9.95. The molecule has 0 fully saturated rings. The van der Waals surface area contributed by atoms with E-state index in [1.807, 2.05) is 56.6 Å². The zero-order valence-electron chi connectivity index (χ0n) is 21.9. The number of amides is 1. The standard InChI is InChI=1S/C30H29ClN4O4/c1-19(36)35(14-4-13-34(2)3)23-9-7-22(8-10-23)32-29(20-5-12-26-27(17-20)39-16-15-38-26)28-24-11-6-21(31)18-25(24)33-30(28)37/h5-12,15-18,33,37H,4,13-14H2,1-3H3. The van der Waals surface area contributed by atoms with E-state index in [2.05, 4.69) is 9.88 Å². The van der Waals surface area contributed by atoms with Crippen LogP contribution in [0, 0.1) is 0 Å². The Kier molecular flexibility index (Phi) is 7.58. The van der Waals surface area contributed by atoms with Gasteiger partial charge in [0.15, 0.2) is 17.4 Å². The van der Waals surface area contributed by atoms with Crippen molar-refractivity contribution in [2.45, 2.75) is 13.3 Å². The third-order valence-electron chi connectivity index (χ3n) is 6.41. The smallest absolute Gasteiger partial charge is 0.223 e. The average Bonchev–Trinajstić information content (AvgIpc) is 3.24. The number of H-pyrrole nitrogens is 1. The van der Waals surface area contributed by atoms with Gasteiger partial charge < -0.3 is 29.4 Å². The molecule has 3 aromatic carbocycles. The van der Waals surface area contributed by atoms with Crippen molar-refractivity contribution in [3.63, 3.8) is 0 Å².